The molecule has 0 aliphatic rings. The standard InChI is InChI=1S/C18H19N3.ClH/c1-13-8-6-7-11-16(13)12-21-18(19)17(14(2)20-21)15-9-4-3-5-10-15;/h3-11H,12,19H2,1-2H3;1H. The molecule has 0 saturated carbocycles. The number of benzene rings is 2. The zero-order valence-corrected chi connectivity index (χ0v) is 13.6. The van der Waals surface area contributed by atoms with Gasteiger partial charge in [0.05, 0.1) is 12.2 Å². The van der Waals surface area contributed by atoms with E-state index in [2.05, 4.69) is 36.3 Å². The van der Waals surface area contributed by atoms with Crippen molar-refractivity contribution in [2.75, 3.05) is 5.73 Å². The van der Waals surface area contributed by atoms with Gasteiger partial charge < -0.3 is 5.73 Å². The van der Waals surface area contributed by atoms with E-state index < -0.39 is 0 Å². The molecule has 0 aliphatic carbocycles. The van der Waals surface area contributed by atoms with E-state index in [0.717, 1.165) is 22.6 Å². The molecule has 1 heterocycles. The number of aryl methyl sites for hydroxylation is 2. The molecule has 0 radical (unpaired) electrons. The quantitative estimate of drug-likeness (QED) is 0.786. The van der Waals surface area contributed by atoms with E-state index in [9.17, 15) is 0 Å². The van der Waals surface area contributed by atoms with Crippen molar-refractivity contribution in [1.82, 2.24) is 9.78 Å². The van der Waals surface area contributed by atoms with E-state index in [4.69, 9.17) is 5.73 Å². The Hall–Kier alpha value is -2.26. The number of nitrogens with two attached hydrogens (primary N) is 1. The van der Waals surface area contributed by atoms with Crippen LogP contribution in [0.1, 0.15) is 16.8 Å². The van der Waals surface area contributed by atoms with Crippen LogP contribution in [0.5, 0.6) is 0 Å². The van der Waals surface area contributed by atoms with Crippen molar-refractivity contribution < 1.29 is 0 Å². The van der Waals surface area contributed by atoms with Crippen molar-refractivity contribution in [2.45, 2.75) is 20.4 Å². The van der Waals surface area contributed by atoms with Crippen LogP contribution in [0.3, 0.4) is 0 Å². The largest absolute Gasteiger partial charge is 0.383 e. The maximum absolute atomic E-state index is 6.33. The molecule has 2 N–H and O–H groups in total. The maximum atomic E-state index is 6.33. The van der Waals surface area contributed by atoms with Crippen LogP contribution >= 0.6 is 12.4 Å². The average Bonchev–Trinajstić information content (AvgIpc) is 2.77. The highest BCUT2D eigenvalue weighted by Crippen LogP contribution is 2.29. The highest BCUT2D eigenvalue weighted by Gasteiger charge is 2.14. The Morgan fingerprint density at radius 3 is 2.27 bits per heavy atom. The zero-order chi connectivity index (χ0) is 14.8. The van der Waals surface area contributed by atoms with Crippen LogP contribution in [0.4, 0.5) is 5.82 Å². The van der Waals surface area contributed by atoms with Gasteiger partial charge in [-0.1, -0.05) is 54.6 Å². The summed E-state index contributed by atoms with van der Waals surface area (Å²) >= 11 is 0. The van der Waals surface area contributed by atoms with Gasteiger partial charge in [0.2, 0.25) is 0 Å². The molecule has 0 amide bonds. The molecule has 114 valence electrons. The summed E-state index contributed by atoms with van der Waals surface area (Å²) in [5, 5.41) is 4.61. The molecule has 0 atom stereocenters. The molecule has 0 fully saturated rings. The number of halogens is 1. The molecule has 2 aromatic carbocycles. The highest BCUT2D eigenvalue weighted by molar-refractivity contribution is 5.85. The lowest BCUT2D eigenvalue weighted by Crippen LogP contribution is -2.07. The van der Waals surface area contributed by atoms with E-state index in [1.165, 1.54) is 11.1 Å². The lowest BCUT2D eigenvalue weighted by molar-refractivity contribution is 0.686. The summed E-state index contributed by atoms with van der Waals surface area (Å²) in [6, 6.07) is 18.5. The van der Waals surface area contributed by atoms with Gasteiger partial charge >= 0.3 is 0 Å². The van der Waals surface area contributed by atoms with Gasteiger partial charge in [0.25, 0.3) is 0 Å². The summed E-state index contributed by atoms with van der Waals surface area (Å²) in [6.07, 6.45) is 0. The fourth-order valence-electron chi connectivity index (χ4n) is 2.63. The van der Waals surface area contributed by atoms with E-state index in [0.29, 0.717) is 6.54 Å². The third-order valence-corrected chi connectivity index (χ3v) is 3.81. The van der Waals surface area contributed by atoms with Crippen LogP contribution in [-0.2, 0) is 6.54 Å². The second kappa shape index (κ2) is 6.67. The van der Waals surface area contributed by atoms with Crippen molar-refractivity contribution in [3.8, 4) is 11.1 Å². The number of nitrogens with zero attached hydrogens (tertiary/aromatic N) is 2. The Kier molecular flexibility index (Phi) is 4.88. The Balaban J connectivity index is 0.00000176. The molecule has 3 rings (SSSR count). The summed E-state index contributed by atoms with van der Waals surface area (Å²) in [5.74, 6) is 0.724. The van der Waals surface area contributed by atoms with E-state index in [-0.39, 0.29) is 12.4 Å². The predicted molar refractivity (Wildman–Crippen MR) is 94.3 cm³/mol. The average molecular weight is 314 g/mol. The van der Waals surface area contributed by atoms with Gasteiger partial charge in [-0.05, 0) is 30.5 Å². The summed E-state index contributed by atoms with van der Waals surface area (Å²) in [7, 11) is 0. The normalized spacial score (nSPS) is 10.3. The van der Waals surface area contributed by atoms with Gasteiger partial charge in [-0.3, -0.25) is 0 Å². The van der Waals surface area contributed by atoms with Crippen LogP contribution in [0, 0.1) is 13.8 Å². The third-order valence-electron chi connectivity index (χ3n) is 3.81. The number of nitrogen functional groups attached to an aromatic ring is 1. The van der Waals surface area contributed by atoms with Crippen LogP contribution in [0.15, 0.2) is 54.6 Å². The van der Waals surface area contributed by atoms with Crippen LogP contribution in [0.25, 0.3) is 11.1 Å². The Morgan fingerprint density at radius 2 is 1.59 bits per heavy atom. The number of anilines is 1. The first-order valence-corrected chi connectivity index (χ1v) is 7.09. The molecule has 0 aliphatic heterocycles. The molecule has 22 heavy (non-hydrogen) atoms. The molecule has 0 spiro atoms. The summed E-state index contributed by atoms with van der Waals surface area (Å²) in [5.41, 5.74) is 11.9. The smallest absolute Gasteiger partial charge is 0.130 e. The Labute approximate surface area is 137 Å². The molecule has 4 heteroatoms. The van der Waals surface area contributed by atoms with Gasteiger partial charge in [-0.2, -0.15) is 5.10 Å². The van der Waals surface area contributed by atoms with E-state index in [1.54, 1.807) is 0 Å². The predicted octanol–water partition coefficient (Wildman–Crippen LogP) is 4.22. The first kappa shape index (κ1) is 16.1. The van der Waals surface area contributed by atoms with E-state index >= 15 is 0 Å². The molecule has 0 saturated heterocycles. The monoisotopic (exact) mass is 313 g/mol. The molecule has 3 nitrogen and oxygen atoms in total. The Morgan fingerprint density at radius 1 is 0.955 bits per heavy atom. The lowest BCUT2D eigenvalue weighted by Gasteiger charge is -2.08. The minimum atomic E-state index is 0. The van der Waals surface area contributed by atoms with Crippen LogP contribution in [-0.4, -0.2) is 9.78 Å². The summed E-state index contributed by atoms with van der Waals surface area (Å²) in [4.78, 5) is 0. The van der Waals surface area contributed by atoms with Gasteiger partial charge in [-0.25, -0.2) is 4.68 Å². The molecular formula is C18H20ClN3. The number of hydrogen-bond acceptors (Lipinski definition) is 2. The third kappa shape index (κ3) is 3.00. The second-order valence-corrected chi connectivity index (χ2v) is 5.30. The lowest BCUT2D eigenvalue weighted by atomic mass is 10.1. The van der Waals surface area contributed by atoms with Gasteiger partial charge in [0.1, 0.15) is 5.82 Å². The summed E-state index contributed by atoms with van der Waals surface area (Å²) in [6.45, 7) is 4.82. The van der Waals surface area contributed by atoms with Crippen LogP contribution in [0.2, 0.25) is 0 Å². The van der Waals surface area contributed by atoms with Crippen molar-refractivity contribution in [3.63, 3.8) is 0 Å². The molecular weight excluding hydrogens is 294 g/mol. The molecule has 0 bridgehead atoms. The summed E-state index contributed by atoms with van der Waals surface area (Å²) < 4.78 is 1.89. The van der Waals surface area contributed by atoms with E-state index in [1.807, 2.05) is 41.9 Å². The fraction of sp³-hybridized carbons (Fsp3) is 0.167. The van der Waals surface area contributed by atoms with Gasteiger partial charge in [-0.15, -0.1) is 12.4 Å². The van der Waals surface area contributed by atoms with Gasteiger partial charge in [0, 0.05) is 5.56 Å². The zero-order valence-electron chi connectivity index (χ0n) is 12.8. The van der Waals surface area contributed by atoms with Crippen molar-refractivity contribution in [1.29, 1.82) is 0 Å². The highest BCUT2D eigenvalue weighted by atomic mass is 35.5. The Bertz CT molecular complexity index is 763. The minimum absolute atomic E-state index is 0. The van der Waals surface area contributed by atoms with Crippen molar-refractivity contribution >= 4 is 18.2 Å². The topological polar surface area (TPSA) is 43.8 Å². The molecule has 1 aromatic heterocycles. The van der Waals surface area contributed by atoms with Crippen LogP contribution < -0.4 is 5.73 Å². The first-order valence-electron chi connectivity index (χ1n) is 7.09. The molecule has 3 aromatic rings. The van der Waals surface area contributed by atoms with Crippen molar-refractivity contribution in [3.05, 3.63) is 71.4 Å². The number of rotatable bonds is 3. The molecule has 0 unspecified atom stereocenters. The van der Waals surface area contributed by atoms with Crippen molar-refractivity contribution in [2.24, 2.45) is 0 Å². The second-order valence-electron chi connectivity index (χ2n) is 5.30. The number of aromatic nitrogens is 2. The fourth-order valence-corrected chi connectivity index (χ4v) is 2.63. The van der Waals surface area contributed by atoms with Gasteiger partial charge in [0.15, 0.2) is 0 Å². The maximum Gasteiger partial charge on any atom is 0.130 e. The minimum Gasteiger partial charge on any atom is -0.383 e. The SMILES string of the molecule is Cc1ccccc1Cn1nc(C)c(-c2ccccc2)c1N.Cl. The number of hydrogen-bond donors (Lipinski definition) is 1. The first-order chi connectivity index (χ1) is 10.2.